The van der Waals surface area contributed by atoms with Crippen molar-refractivity contribution in [3.05, 3.63) is 23.9 Å². The average Bonchev–Trinajstić information content (AvgIpc) is 1.87. The summed E-state index contributed by atoms with van der Waals surface area (Å²) in [6.07, 6.45) is 5.50. The summed E-state index contributed by atoms with van der Waals surface area (Å²) in [5.41, 5.74) is 7.71. The van der Waals surface area contributed by atoms with Gasteiger partial charge in [-0.05, 0) is 18.4 Å². The van der Waals surface area contributed by atoms with Gasteiger partial charge in [-0.15, -0.1) is 0 Å². The second-order valence-electron chi connectivity index (χ2n) is 2.41. The Bertz CT molecular complexity index is 155. The lowest BCUT2D eigenvalue weighted by Crippen LogP contribution is -1.88. The Kier molecular flexibility index (Phi) is 4.46. The van der Waals surface area contributed by atoms with E-state index < -0.39 is 0 Å². The first kappa shape index (κ1) is 9.08. The monoisotopic (exact) mass is 138 g/mol. The lowest BCUT2D eigenvalue weighted by molar-refractivity contribution is 0.785. The number of nitrogens with zero attached hydrogens (tertiary/aromatic N) is 1. The van der Waals surface area contributed by atoms with Gasteiger partial charge in [0.15, 0.2) is 0 Å². The van der Waals surface area contributed by atoms with Crippen molar-refractivity contribution < 1.29 is 0 Å². The Morgan fingerprint density at radius 1 is 1.50 bits per heavy atom. The zero-order chi connectivity index (χ0) is 7.98. The molecular formula is C8H14N2. The van der Waals surface area contributed by atoms with Gasteiger partial charge in [0.1, 0.15) is 0 Å². The van der Waals surface area contributed by atoms with Crippen LogP contribution in [0, 0.1) is 11.4 Å². The molecule has 0 saturated heterocycles. The molecule has 2 heteroatoms. The number of rotatable bonds is 3. The second kappa shape index (κ2) is 4.91. The van der Waals surface area contributed by atoms with Crippen LogP contribution in [-0.4, -0.2) is 0 Å². The minimum Gasteiger partial charge on any atom is -0.205 e. The van der Waals surface area contributed by atoms with Crippen LogP contribution in [0.15, 0.2) is 29.0 Å². The Labute approximate surface area is 62.2 Å². The Morgan fingerprint density at radius 3 is 2.40 bits per heavy atom. The Hall–Kier alpha value is -0.920. The van der Waals surface area contributed by atoms with Gasteiger partial charge < -0.3 is 0 Å². The maximum Gasteiger partial charge on any atom is 0.0523 e. The molecular weight excluding hydrogens is 124 g/mol. The van der Waals surface area contributed by atoms with Gasteiger partial charge in [-0.1, -0.05) is 26.0 Å². The van der Waals surface area contributed by atoms with Crippen LogP contribution in [0.4, 0.5) is 0 Å². The first-order chi connectivity index (χ1) is 4.72. The van der Waals surface area contributed by atoms with Crippen molar-refractivity contribution in [3.63, 3.8) is 0 Å². The van der Waals surface area contributed by atoms with E-state index in [9.17, 15) is 0 Å². The smallest absolute Gasteiger partial charge is 0.0523 e. The molecule has 0 unspecified atom stereocenters. The third kappa shape index (κ3) is 3.17. The van der Waals surface area contributed by atoms with E-state index in [0.717, 1.165) is 5.57 Å². The minimum atomic E-state index is 0.449. The summed E-state index contributed by atoms with van der Waals surface area (Å²) in [5, 5.41) is 3.21. The van der Waals surface area contributed by atoms with E-state index in [-0.39, 0.29) is 0 Å². The highest BCUT2D eigenvalue weighted by molar-refractivity contribution is 5.19. The van der Waals surface area contributed by atoms with E-state index in [2.05, 4.69) is 19.0 Å². The van der Waals surface area contributed by atoms with E-state index in [4.69, 9.17) is 5.53 Å². The molecule has 0 bridgehead atoms. The van der Waals surface area contributed by atoms with E-state index in [1.54, 1.807) is 6.20 Å². The fourth-order valence-electron chi connectivity index (χ4n) is 0.652. The topological polar surface area (TPSA) is 36.2 Å². The molecule has 1 N–H and O–H groups in total. The summed E-state index contributed by atoms with van der Waals surface area (Å²) in [5.74, 6) is 0.449. The molecule has 0 heterocycles. The van der Waals surface area contributed by atoms with Crippen LogP contribution in [0.25, 0.3) is 0 Å². The molecule has 0 radical (unpaired) electrons. The maximum atomic E-state index is 6.62. The summed E-state index contributed by atoms with van der Waals surface area (Å²) in [4.78, 5) is 0. The SMILES string of the molecule is C/C=C\C(=C/N=N)C(C)C. The summed E-state index contributed by atoms with van der Waals surface area (Å²) in [7, 11) is 0. The van der Waals surface area contributed by atoms with Crippen molar-refractivity contribution >= 4 is 0 Å². The van der Waals surface area contributed by atoms with Crippen LogP contribution in [0.2, 0.25) is 0 Å². The maximum absolute atomic E-state index is 6.62. The number of hydrogen-bond acceptors (Lipinski definition) is 2. The molecule has 0 aliphatic carbocycles. The normalized spacial score (nSPS) is 13.0. The van der Waals surface area contributed by atoms with Crippen molar-refractivity contribution in [2.75, 3.05) is 0 Å². The fraction of sp³-hybridized carbons (Fsp3) is 0.500. The van der Waals surface area contributed by atoms with Crippen LogP contribution in [0.5, 0.6) is 0 Å². The lowest BCUT2D eigenvalue weighted by Gasteiger charge is -2.02. The van der Waals surface area contributed by atoms with Crippen molar-refractivity contribution in [2.24, 2.45) is 11.0 Å². The Morgan fingerprint density at radius 2 is 2.10 bits per heavy atom. The summed E-state index contributed by atoms with van der Waals surface area (Å²) >= 11 is 0. The van der Waals surface area contributed by atoms with Crippen LogP contribution >= 0.6 is 0 Å². The molecule has 0 aromatic rings. The van der Waals surface area contributed by atoms with E-state index in [1.165, 1.54) is 0 Å². The van der Waals surface area contributed by atoms with Gasteiger partial charge in [0.2, 0.25) is 0 Å². The third-order valence-electron chi connectivity index (χ3n) is 1.24. The number of nitrogens with one attached hydrogen (secondary N) is 1. The molecule has 0 amide bonds. The molecule has 0 spiro atoms. The number of hydrogen-bond donors (Lipinski definition) is 1. The molecule has 0 atom stereocenters. The van der Waals surface area contributed by atoms with Crippen molar-refractivity contribution in [3.8, 4) is 0 Å². The quantitative estimate of drug-likeness (QED) is 0.459. The van der Waals surface area contributed by atoms with Gasteiger partial charge in [0, 0.05) is 0 Å². The minimum absolute atomic E-state index is 0.449. The van der Waals surface area contributed by atoms with Crippen molar-refractivity contribution in [1.82, 2.24) is 0 Å². The largest absolute Gasteiger partial charge is 0.205 e. The molecule has 0 aliphatic rings. The molecule has 0 aromatic heterocycles. The van der Waals surface area contributed by atoms with Gasteiger partial charge in [-0.2, -0.15) is 5.11 Å². The molecule has 0 fully saturated rings. The molecule has 0 aromatic carbocycles. The predicted octanol–water partition coefficient (Wildman–Crippen LogP) is 3.13. The van der Waals surface area contributed by atoms with Gasteiger partial charge >= 0.3 is 0 Å². The van der Waals surface area contributed by atoms with Gasteiger partial charge in [-0.3, -0.25) is 0 Å². The average molecular weight is 138 g/mol. The van der Waals surface area contributed by atoms with Gasteiger partial charge in [-0.25, -0.2) is 5.53 Å². The summed E-state index contributed by atoms with van der Waals surface area (Å²) in [6.45, 7) is 6.12. The van der Waals surface area contributed by atoms with Crippen LogP contribution in [-0.2, 0) is 0 Å². The van der Waals surface area contributed by atoms with Gasteiger partial charge in [0.05, 0.1) is 6.20 Å². The van der Waals surface area contributed by atoms with Gasteiger partial charge in [0.25, 0.3) is 0 Å². The standard InChI is InChI=1S/C8H14N2/c1-4-5-8(6-10-9)7(2)3/h4-7,9H,1-3H3/b5-4-,8-6+,10-9?. The summed E-state index contributed by atoms with van der Waals surface area (Å²) in [6, 6.07) is 0. The second-order valence-corrected chi connectivity index (χ2v) is 2.41. The zero-order valence-electron chi connectivity index (χ0n) is 6.76. The zero-order valence-corrected chi connectivity index (χ0v) is 6.76. The molecule has 0 aliphatic heterocycles. The summed E-state index contributed by atoms with van der Waals surface area (Å²) < 4.78 is 0. The predicted molar refractivity (Wildman–Crippen MR) is 42.9 cm³/mol. The highest BCUT2D eigenvalue weighted by Gasteiger charge is 1.96. The van der Waals surface area contributed by atoms with E-state index in [0.29, 0.717) is 5.92 Å². The van der Waals surface area contributed by atoms with Crippen LogP contribution < -0.4 is 0 Å². The highest BCUT2D eigenvalue weighted by Crippen LogP contribution is 2.10. The van der Waals surface area contributed by atoms with E-state index in [1.807, 2.05) is 19.1 Å². The van der Waals surface area contributed by atoms with E-state index >= 15 is 0 Å². The molecule has 0 saturated carbocycles. The third-order valence-corrected chi connectivity index (χ3v) is 1.24. The van der Waals surface area contributed by atoms with Crippen LogP contribution in [0.3, 0.4) is 0 Å². The number of allylic oxidation sites excluding steroid dienone is 3. The van der Waals surface area contributed by atoms with Crippen molar-refractivity contribution in [1.29, 1.82) is 5.53 Å². The first-order valence-corrected chi connectivity index (χ1v) is 3.41. The van der Waals surface area contributed by atoms with Crippen molar-refractivity contribution in [2.45, 2.75) is 20.8 Å². The molecule has 2 nitrogen and oxygen atoms in total. The lowest BCUT2D eigenvalue weighted by atomic mass is 10.0. The molecule has 10 heavy (non-hydrogen) atoms. The Balaban J connectivity index is 4.25. The molecule has 0 rings (SSSR count). The van der Waals surface area contributed by atoms with Crippen LogP contribution in [0.1, 0.15) is 20.8 Å². The highest BCUT2D eigenvalue weighted by atomic mass is 14.9. The molecule has 56 valence electrons. The first-order valence-electron chi connectivity index (χ1n) is 3.41. The fourth-order valence-corrected chi connectivity index (χ4v) is 0.652.